The average Bonchev–Trinajstić information content (AvgIpc) is 2.70. The van der Waals surface area contributed by atoms with E-state index in [9.17, 15) is 4.79 Å². The molecular weight excluding hydrogens is 340 g/mol. The maximum atomic E-state index is 12.5. The predicted molar refractivity (Wildman–Crippen MR) is 106 cm³/mol. The monoisotopic (exact) mass is 368 g/mol. The molecule has 1 fully saturated rings. The fourth-order valence-electron chi connectivity index (χ4n) is 3.39. The number of anilines is 2. The molecule has 0 aromatic carbocycles. The van der Waals surface area contributed by atoms with Gasteiger partial charge in [-0.2, -0.15) is 4.98 Å². The molecule has 0 spiro atoms. The number of nitrogens with one attached hydrogen (secondary N) is 1. The highest BCUT2D eigenvalue weighted by Gasteiger charge is 2.23. The van der Waals surface area contributed by atoms with Gasteiger partial charge in [0.1, 0.15) is 5.82 Å². The SMILES string of the molecule is CCNc1nccc(N2CCC(CC(=O)N(C)Cc3cccnc3)CC2)n1. The third-order valence-corrected chi connectivity index (χ3v) is 4.95. The van der Waals surface area contributed by atoms with Gasteiger partial charge in [-0.15, -0.1) is 0 Å². The van der Waals surface area contributed by atoms with Crippen molar-refractivity contribution in [2.45, 2.75) is 32.7 Å². The minimum absolute atomic E-state index is 0.203. The van der Waals surface area contributed by atoms with Gasteiger partial charge in [0.2, 0.25) is 11.9 Å². The van der Waals surface area contributed by atoms with Crippen molar-refractivity contribution >= 4 is 17.7 Å². The smallest absolute Gasteiger partial charge is 0.224 e. The fourth-order valence-corrected chi connectivity index (χ4v) is 3.39. The van der Waals surface area contributed by atoms with E-state index in [0.29, 0.717) is 24.8 Å². The van der Waals surface area contributed by atoms with Crippen LogP contribution in [0.2, 0.25) is 0 Å². The standard InChI is InChI=1S/C20H28N6O/c1-3-22-20-23-10-6-18(24-20)26-11-7-16(8-12-26)13-19(27)25(2)15-17-5-4-9-21-14-17/h4-6,9-10,14,16H,3,7-8,11-13,15H2,1-2H3,(H,22,23,24). The van der Waals surface area contributed by atoms with Gasteiger partial charge in [0.25, 0.3) is 0 Å². The van der Waals surface area contributed by atoms with Crippen LogP contribution in [-0.2, 0) is 11.3 Å². The number of rotatable bonds is 7. The number of carbonyl (C=O) groups is 1. The molecule has 3 heterocycles. The first-order valence-electron chi connectivity index (χ1n) is 9.60. The van der Waals surface area contributed by atoms with Crippen molar-refractivity contribution in [1.29, 1.82) is 0 Å². The Kier molecular flexibility index (Phi) is 6.57. The molecule has 1 N–H and O–H groups in total. The van der Waals surface area contributed by atoms with E-state index in [2.05, 4.69) is 25.2 Å². The van der Waals surface area contributed by atoms with Crippen LogP contribution >= 0.6 is 0 Å². The Morgan fingerprint density at radius 2 is 2.11 bits per heavy atom. The van der Waals surface area contributed by atoms with Crippen LogP contribution in [0.5, 0.6) is 0 Å². The van der Waals surface area contributed by atoms with Crippen LogP contribution in [0, 0.1) is 5.92 Å². The number of amides is 1. The summed E-state index contributed by atoms with van der Waals surface area (Å²) in [5.74, 6) is 2.26. The van der Waals surface area contributed by atoms with Gasteiger partial charge in [-0.1, -0.05) is 6.07 Å². The molecule has 0 unspecified atom stereocenters. The van der Waals surface area contributed by atoms with Crippen LogP contribution in [-0.4, -0.2) is 52.4 Å². The first-order chi connectivity index (χ1) is 13.2. The van der Waals surface area contributed by atoms with Crippen molar-refractivity contribution in [1.82, 2.24) is 19.9 Å². The number of piperidine rings is 1. The molecule has 1 saturated heterocycles. The van der Waals surface area contributed by atoms with Gasteiger partial charge in [-0.3, -0.25) is 9.78 Å². The Bertz CT molecular complexity index is 730. The average molecular weight is 368 g/mol. The molecular formula is C20H28N6O. The van der Waals surface area contributed by atoms with Gasteiger partial charge in [0.05, 0.1) is 0 Å². The highest BCUT2D eigenvalue weighted by molar-refractivity contribution is 5.76. The molecule has 0 saturated carbocycles. The Morgan fingerprint density at radius 1 is 1.30 bits per heavy atom. The van der Waals surface area contributed by atoms with E-state index in [-0.39, 0.29) is 5.91 Å². The third-order valence-electron chi connectivity index (χ3n) is 4.95. The second-order valence-electron chi connectivity index (χ2n) is 7.01. The van der Waals surface area contributed by atoms with Crippen molar-refractivity contribution in [3.05, 3.63) is 42.4 Å². The summed E-state index contributed by atoms with van der Waals surface area (Å²) in [6.07, 6.45) is 7.98. The summed E-state index contributed by atoms with van der Waals surface area (Å²) in [4.78, 5) is 29.5. The summed E-state index contributed by atoms with van der Waals surface area (Å²) < 4.78 is 0. The van der Waals surface area contributed by atoms with E-state index >= 15 is 0 Å². The zero-order valence-electron chi connectivity index (χ0n) is 16.1. The first kappa shape index (κ1) is 19.1. The molecule has 0 radical (unpaired) electrons. The highest BCUT2D eigenvalue weighted by atomic mass is 16.2. The van der Waals surface area contributed by atoms with Crippen molar-refractivity contribution in [3.8, 4) is 0 Å². The van der Waals surface area contributed by atoms with Crippen LogP contribution < -0.4 is 10.2 Å². The number of hydrogen-bond acceptors (Lipinski definition) is 6. The molecule has 0 atom stereocenters. The molecule has 0 bridgehead atoms. The number of nitrogens with zero attached hydrogens (tertiary/aromatic N) is 5. The molecule has 144 valence electrons. The second-order valence-corrected chi connectivity index (χ2v) is 7.01. The van der Waals surface area contributed by atoms with Gasteiger partial charge in [0, 0.05) is 58.2 Å². The van der Waals surface area contributed by atoms with E-state index in [1.165, 1.54) is 0 Å². The summed E-state index contributed by atoms with van der Waals surface area (Å²) in [6, 6.07) is 5.85. The lowest BCUT2D eigenvalue weighted by molar-refractivity contribution is -0.131. The normalized spacial score (nSPS) is 14.8. The minimum Gasteiger partial charge on any atom is -0.356 e. The zero-order chi connectivity index (χ0) is 19.1. The van der Waals surface area contributed by atoms with Crippen LogP contribution in [0.4, 0.5) is 11.8 Å². The predicted octanol–water partition coefficient (Wildman–Crippen LogP) is 2.57. The van der Waals surface area contributed by atoms with Crippen molar-refractivity contribution in [2.75, 3.05) is 36.9 Å². The Hall–Kier alpha value is -2.70. The minimum atomic E-state index is 0.203. The third kappa shape index (κ3) is 5.39. The van der Waals surface area contributed by atoms with Crippen molar-refractivity contribution < 1.29 is 4.79 Å². The Morgan fingerprint density at radius 3 is 2.81 bits per heavy atom. The van der Waals surface area contributed by atoms with E-state index < -0.39 is 0 Å². The lowest BCUT2D eigenvalue weighted by Crippen LogP contribution is -2.36. The quantitative estimate of drug-likeness (QED) is 0.810. The Balaban J connectivity index is 1.47. The number of hydrogen-bond donors (Lipinski definition) is 1. The lowest BCUT2D eigenvalue weighted by Gasteiger charge is -2.33. The molecule has 1 aliphatic rings. The van der Waals surface area contributed by atoms with E-state index in [0.717, 1.165) is 43.9 Å². The highest BCUT2D eigenvalue weighted by Crippen LogP contribution is 2.25. The largest absolute Gasteiger partial charge is 0.356 e. The molecule has 1 amide bonds. The molecule has 0 aliphatic carbocycles. The fraction of sp³-hybridized carbons (Fsp3) is 0.500. The molecule has 27 heavy (non-hydrogen) atoms. The summed E-state index contributed by atoms with van der Waals surface area (Å²) >= 11 is 0. The van der Waals surface area contributed by atoms with E-state index in [1.807, 2.05) is 38.4 Å². The van der Waals surface area contributed by atoms with Gasteiger partial charge in [-0.25, -0.2) is 4.98 Å². The van der Waals surface area contributed by atoms with Crippen LogP contribution in [0.3, 0.4) is 0 Å². The summed E-state index contributed by atoms with van der Waals surface area (Å²) in [5, 5.41) is 3.15. The van der Waals surface area contributed by atoms with Gasteiger partial charge in [-0.05, 0) is 43.4 Å². The number of pyridine rings is 1. The molecule has 7 heteroatoms. The van der Waals surface area contributed by atoms with Crippen molar-refractivity contribution in [3.63, 3.8) is 0 Å². The summed E-state index contributed by atoms with van der Waals surface area (Å²) in [5.41, 5.74) is 1.06. The zero-order valence-corrected chi connectivity index (χ0v) is 16.1. The van der Waals surface area contributed by atoms with Gasteiger partial charge < -0.3 is 15.1 Å². The molecule has 2 aromatic rings. The topological polar surface area (TPSA) is 74.2 Å². The molecule has 3 rings (SSSR count). The maximum Gasteiger partial charge on any atom is 0.224 e. The molecule has 2 aromatic heterocycles. The molecule has 7 nitrogen and oxygen atoms in total. The van der Waals surface area contributed by atoms with Gasteiger partial charge >= 0.3 is 0 Å². The Labute approximate surface area is 160 Å². The molecule has 1 aliphatic heterocycles. The van der Waals surface area contributed by atoms with Crippen molar-refractivity contribution in [2.24, 2.45) is 5.92 Å². The number of carbonyl (C=O) groups excluding carboxylic acids is 1. The van der Waals surface area contributed by atoms with E-state index in [4.69, 9.17) is 0 Å². The summed E-state index contributed by atoms with van der Waals surface area (Å²) in [7, 11) is 1.87. The first-order valence-corrected chi connectivity index (χ1v) is 9.60. The lowest BCUT2D eigenvalue weighted by atomic mass is 9.93. The van der Waals surface area contributed by atoms with Crippen LogP contribution in [0.1, 0.15) is 31.7 Å². The van der Waals surface area contributed by atoms with Crippen LogP contribution in [0.25, 0.3) is 0 Å². The summed E-state index contributed by atoms with van der Waals surface area (Å²) in [6.45, 7) is 5.30. The second kappa shape index (κ2) is 9.30. The maximum absolute atomic E-state index is 12.5. The van der Waals surface area contributed by atoms with E-state index in [1.54, 1.807) is 17.3 Å². The van der Waals surface area contributed by atoms with Crippen LogP contribution in [0.15, 0.2) is 36.8 Å². The van der Waals surface area contributed by atoms with Gasteiger partial charge in [0.15, 0.2) is 0 Å². The number of aromatic nitrogens is 3.